The molecule has 8 heteroatoms. The van der Waals surface area contributed by atoms with Gasteiger partial charge in [0.25, 0.3) is 10.0 Å². The van der Waals surface area contributed by atoms with Gasteiger partial charge in [-0.05, 0) is 45.1 Å². The number of carbonyl (C=O) groups is 1. The van der Waals surface area contributed by atoms with Gasteiger partial charge in [-0.15, -0.1) is 11.3 Å². The van der Waals surface area contributed by atoms with Gasteiger partial charge in [-0.2, -0.15) is 0 Å². The van der Waals surface area contributed by atoms with Crippen LogP contribution in [0.2, 0.25) is 0 Å². The summed E-state index contributed by atoms with van der Waals surface area (Å²) < 4.78 is 27.5. The van der Waals surface area contributed by atoms with E-state index in [-0.39, 0.29) is 10.6 Å². The van der Waals surface area contributed by atoms with Crippen LogP contribution in [0.15, 0.2) is 44.4 Å². The number of rotatable bonds is 5. The SMILES string of the molecule is NC(=O)Cc1ccc(NS(=O)(=O)c2sccc2Br)cc1. The van der Waals surface area contributed by atoms with Crippen molar-refractivity contribution in [2.24, 2.45) is 5.73 Å². The monoisotopic (exact) mass is 374 g/mol. The van der Waals surface area contributed by atoms with Crippen molar-refractivity contribution in [1.82, 2.24) is 0 Å². The van der Waals surface area contributed by atoms with Crippen molar-refractivity contribution in [3.05, 3.63) is 45.7 Å². The first kappa shape index (κ1) is 15.0. The molecule has 0 saturated carbocycles. The summed E-state index contributed by atoms with van der Waals surface area (Å²) >= 11 is 4.32. The van der Waals surface area contributed by atoms with E-state index >= 15 is 0 Å². The number of primary amides is 1. The lowest BCUT2D eigenvalue weighted by Gasteiger charge is -2.07. The number of nitrogens with two attached hydrogens (primary N) is 1. The fraction of sp³-hybridized carbons (Fsp3) is 0.0833. The van der Waals surface area contributed by atoms with Crippen LogP contribution >= 0.6 is 27.3 Å². The van der Waals surface area contributed by atoms with Crippen molar-refractivity contribution in [1.29, 1.82) is 0 Å². The Morgan fingerprint density at radius 1 is 1.25 bits per heavy atom. The van der Waals surface area contributed by atoms with Crippen LogP contribution in [-0.4, -0.2) is 14.3 Å². The van der Waals surface area contributed by atoms with Crippen molar-refractivity contribution in [2.75, 3.05) is 4.72 Å². The molecule has 0 aliphatic carbocycles. The Morgan fingerprint density at radius 2 is 1.90 bits per heavy atom. The second-order valence-electron chi connectivity index (χ2n) is 4.00. The lowest BCUT2D eigenvalue weighted by atomic mass is 10.1. The number of sulfonamides is 1. The van der Waals surface area contributed by atoms with E-state index in [1.54, 1.807) is 35.7 Å². The van der Waals surface area contributed by atoms with E-state index in [2.05, 4.69) is 20.7 Å². The van der Waals surface area contributed by atoms with Crippen molar-refractivity contribution in [2.45, 2.75) is 10.6 Å². The first-order valence-corrected chi connectivity index (χ1v) is 8.67. The van der Waals surface area contributed by atoms with E-state index in [0.717, 1.165) is 16.9 Å². The molecule has 2 rings (SSSR count). The van der Waals surface area contributed by atoms with Gasteiger partial charge in [0.15, 0.2) is 4.21 Å². The molecule has 1 heterocycles. The van der Waals surface area contributed by atoms with E-state index in [9.17, 15) is 13.2 Å². The molecule has 0 saturated heterocycles. The second-order valence-corrected chi connectivity index (χ2v) is 7.65. The number of hydrogen-bond donors (Lipinski definition) is 2. The zero-order valence-electron chi connectivity index (χ0n) is 10.2. The molecule has 0 unspecified atom stereocenters. The van der Waals surface area contributed by atoms with Crippen molar-refractivity contribution < 1.29 is 13.2 Å². The summed E-state index contributed by atoms with van der Waals surface area (Å²) in [5, 5.41) is 1.69. The maximum Gasteiger partial charge on any atom is 0.272 e. The molecular weight excluding hydrogens is 364 g/mol. The van der Waals surface area contributed by atoms with Crippen molar-refractivity contribution >= 4 is 48.9 Å². The molecule has 0 radical (unpaired) electrons. The van der Waals surface area contributed by atoms with Crippen LogP contribution in [-0.2, 0) is 21.2 Å². The molecule has 0 fully saturated rings. The highest BCUT2D eigenvalue weighted by molar-refractivity contribution is 9.10. The highest BCUT2D eigenvalue weighted by Gasteiger charge is 2.19. The highest BCUT2D eigenvalue weighted by Crippen LogP contribution is 2.29. The number of thiophene rings is 1. The molecule has 20 heavy (non-hydrogen) atoms. The average Bonchev–Trinajstić information content (AvgIpc) is 2.78. The standard InChI is InChI=1S/C12H11BrN2O3S2/c13-10-5-6-19-12(10)20(17,18)15-9-3-1-8(2-4-9)7-11(14)16/h1-6,15H,7H2,(H2,14,16). The first-order valence-electron chi connectivity index (χ1n) is 5.51. The first-order chi connectivity index (χ1) is 9.38. The molecule has 3 N–H and O–H groups in total. The molecule has 1 aromatic carbocycles. The third kappa shape index (κ3) is 3.59. The van der Waals surface area contributed by atoms with Gasteiger partial charge in [0.05, 0.1) is 6.42 Å². The van der Waals surface area contributed by atoms with Crippen LogP contribution in [0.25, 0.3) is 0 Å². The Balaban J connectivity index is 2.18. The molecule has 5 nitrogen and oxygen atoms in total. The smallest absolute Gasteiger partial charge is 0.272 e. The number of benzene rings is 1. The van der Waals surface area contributed by atoms with E-state index in [4.69, 9.17) is 5.73 Å². The lowest BCUT2D eigenvalue weighted by molar-refractivity contribution is -0.117. The zero-order chi connectivity index (χ0) is 14.8. The number of carbonyl (C=O) groups excluding carboxylic acids is 1. The molecule has 2 aromatic rings. The quantitative estimate of drug-likeness (QED) is 0.841. The molecule has 106 valence electrons. The fourth-order valence-corrected chi connectivity index (χ4v) is 4.96. The number of hydrogen-bond acceptors (Lipinski definition) is 4. The van der Waals surface area contributed by atoms with Gasteiger partial charge in [-0.25, -0.2) is 8.42 Å². The predicted molar refractivity (Wildman–Crippen MR) is 82.2 cm³/mol. The molecule has 0 bridgehead atoms. The third-order valence-electron chi connectivity index (χ3n) is 2.41. The van der Waals surface area contributed by atoms with Gasteiger partial charge < -0.3 is 5.73 Å². The van der Waals surface area contributed by atoms with Crippen molar-refractivity contribution in [3.63, 3.8) is 0 Å². The van der Waals surface area contributed by atoms with Crippen LogP contribution in [0.1, 0.15) is 5.56 Å². The van der Waals surface area contributed by atoms with E-state index < -0.39 is 15.9 Å². The molecule has 0 spiro atoms. The van der Waals surface area contributed by atoms with Crippen LogP contribution in [0.4, 0.5) is 5.69 Å². The normalized spacial score (nSPS) is 11.2. The minimum Gasteiger partial charge on any atom is -0.369 e. The van der Waals surface area contributed by atoms with E-state index in [1.165, 1.54) is 0 Å². The van der Waals surface area contributed by atoms with Crippen LogP contribution in [0.3, 0.4) is 0 Å². The minimum atomic E-state index is -3.61. The summed E-state index contributed by atoms with van der Waals surface area (Å²) in [5.41, 5.74) is 6.25. The second kappa shape index (κ2) is 5.94. The fourth-order valence-electron chi connectivity index (χ4n) is 1.56. The molecular formula is C12H11BrN2O3S2. The van der Waals surface area contributed by atoms with Crippen LogP contribution in [0.5, 0.6) is 0 Å². The molecule has 0 aliphatic heterocycles. The Bertz CT molecular complexity index is 723. The Kier molecular flexibility index (Phi) is 4.46. The largest absolute Gasteiger partial charge is 0.369 e. The minimum absolute atomic E-state index is 0.128. The topological polar surface area (TPSA) is 89.3 Å². The van der Waals surface area contributed by atoms with Gasteiger partial charge >= 0.3 is 0 Å². The summed E-state index contributed by atoms with van der Waals surface area (Å²) in [5.74, 6) is -0.430. The maximum atomic E-state index is 12.1. The summed E-state index contributed by atoms with van der Waals surface area (Å²) in [6.45, 7) is 0. The predicted octanol–water partition coefficient (Wildman–Crippen LogP) is 2.34. The number of nitrogens with one attached hydrogen (secondary N) is 1. The lowest BCUT2D eigenvalue weighted by Crippen LogP contribution is -2.14. The maximum absolute atomic E-state index is 12.1. The molecule has 0 aliphatic rings. The highest BCUT2D eigenvalue weighted by atomic mass is 79.9. The zero-order valence-corrected chi connectivity index (χ0v) is 13.4. The number of halogens is 1. The van der Waals surface area contributed by atoms with Crippen molar-refractivity contribution in [3.8, 4) is 0 Å². The van der Waals surface area contributed by atoms with Gasteiger partial charge in [0.1, 0.15) is 0 Å². The summed E-state index contributed by atoms with van der Waals surface area (Å²) in [4.78, 5) is 10.8. The third-order valence-corrected chi connectivity index (χ3v) is 6.46. The Labute approximate surface area is 129 Å². The average molecular weight is 375 g/mol. The number of amides is 1. The van der Waals surface area contributed by atoms with E-state index in [0.29, 0.717) is 10.2 Å². The van der Waals surface area contributed by atoms with Gasteiger partial charge in [-0.1, -0.05) is 12.1 Å². The molecule has 1 aromatic heterocycles. The van der Waals surface area contributed by atoms with Gasteiger partial charge in [-0.3, -0.25) is 9.52 Å². The summed E-state index contributed by atoms with van der Waals surface area (Å²) in [7, 11) is -3.61. The Hall–Kier alpha value is -1.38. The van der Waals surface area contributed by atoms with Gasteiger partial charge in [0.2, 0.25) is 5.91 Å². The van der Waals surface area contributed by atoms with E-state index in [1.807, 2.05) is 0 Å². The Morgan fingerprint density at radius 3 is 2.40 bits per heavy atom. The van der Waals surface area contributed by atoms with Crippen LogP contribution < -0.4 is 10.5 Å². The number of anilines is 1. The molecule has 0 atom stereocenters. The molecule has 1 amide bonds. The van der Waals surface area contributed by atoms with Crippen LogP contribution in [0, 0.1) is 0 Å². The summed E-state index contributed by atoms with van der Waals surface area (Å²) in [6.07, 6.45) is 0.128. The summed E-state index contributed by atoms with van der Waals surface area (Å²) in [6, 6.07) is 8.18. The van der Waals surface area contributed by atoms with Gasteiger partial charge in [0, 0.05) is 10.2 Å².